The van der Waals surface area contributed by atoms with E-state index < -0.39 is 17.4 Å². The Labute approximate surface area is 166 Å². The van der Waals surface area contributed by atoms with Crippen molar-refractivity contribution in [1.82, 2.24) is 0 Å². The third kappa shape index (κ3) is 23.8. The zero-order valence-corrected chi connectivity index (χ0v) is 23.7. The molecular formula is C5H15O9Si10. The summed E-state index contributed by atoms with van der Waals surface area (Å²) in [6, 6.07) is 0. The second-order valence-corrected chi connectivity index (χ2v) is 19.3. The molecule has 0 heterocycles. The van der Waals surface area contributed by atoms with Crippen LogP contribution in [0.15, 0.2) is 0 Å². The van der Waals surface area contributed by atoms with Gasteiger partial charge in [0.15, 0.2) is 17.4 Å². The monoisotopic (exact) mass is 499 g/mol. The first kappa shape index (κ1) is 25.8. The fraction of sp³-hybridized carbons (Fsp3) is 1.00. The summed E-state index contributed by atoms with van der Waals surface area (Å²) in [4.78, 5) is 0. The minimum absolute atomic E-state index is 0.0154. The number of rotatable bonds is 18. The van der Waals surface area contributed by atoms with E-state index in [0.717, 1.165) is 0 Å². The van der Waals surface area contributed by atoms with Crippen molar-refractivity contribution >= 4 is 97.4 Å². The van der Waals surface area contributed by atoms with Crippen LogP contribution in [0.3, 0.4) is 0 Å². The maximum absolute atomic E-state index is 5.52. The Kier molecular flexibility index (Phi) is 19.6. The summed E-state index contributed by atoms with van der Waals surface area (Å²) < 4.78 is 46.8. The molecule has 17 radical (unpaired) electrons. The van der Waals surface area contributed by atoms with E-state index >= 15 is 0 Å². The molecule has 0 N–H and O–H groups in total. The van der Waals surface area contributed by atoms with Gasteiger partial charge in [0.1, 0.15) is 0 Å². The van der Waals surface area contributed by atoms with Crippen molar-refractivity contribution in [3.05, 3.63) is 0 Å². The van der Waals surface area contributed by atoms with E-state index in [1.54, 1.807) is 0 Å². The van der Waals surface area contributed by atoms with Gasteiger partial charge >= 0.3 is 80.1 Å². The average molecular weight is 500 g/mol. The first-order valence-corrected chi connectivity index (χ1v) is 18.5. The lowest BCUT2D eigenvalue weighted by Gasteiger charge is -2.15. The third-order valence-electron chi connectivity index (χ3n) is 1.18. The molecule has 9 nitrogen and oxygen atoms in total. The highest BCUT2D eigenvalue weighted by atomic mass is 28.4. The van der Waals surface area contributed by atoms with Crippen molar-refractivity contribution in [2.75, 3.05) is 0 Å². The molecule has 0 unspecified atom stereocenters. The lowest BCUT2D eigenvalue weighted by molar-refractivity contribution is 0.363. The normalized spacial score (nSPS) is 12.2. The van der Waals surface area contributed by atoms with Crippen molar-refractivity contribution < 1.29 is 37.0 Å². The van der Waals surface area contributed by atoms with Gasteiger partial charge in [0, 0.05) is 0 Å². The predicted octanol–water partition coefficient (Wildman–Crippen LogP) is -1.50. The Morgan fingerprint density at radius 1 is 0.542 bits per heavy atom. The second kappa shape index (κ2) is 18.2. The van der Waals surface area contributed by atoms with Gasteiger partial charge in [0.2, 0.25) is 0 Å². The summed E-state index contributed by atoms with van der Waals surface area (Å²) in [5.41, 5.74) is 0. The minimum atomic E-state index is -1.51. The van der Waals surface area contributed by atoms with E-state index in [1.165, 1.54) is 0 Å². The zero-order chi connectivity index (χ0) is 18.1. The molecule has 0 aliphatic rings. The molecule has 0 fully saturated rings. The van der Waals surface area contributed by atoms with Gasteiger partial charge in [-0.2, -0.15) is 0 Å². The van der Waals surface area contributed by atoms with Crippen LogP contribution in [0.25, 0.3) is 0 Å². The number of hydrogen-bond donors (Lipinski definition) is 0. The van der Waals surface area contributed by atoms with Gasteiger partial charge in [-0.15, -0.1) is 0 Å². The second-order valence-electron chi connectivity index (χ2n) is 4.61. The summed E-state index contributed by atoms with van der Waals surface area (Å²) in [6.07, 6.45) is 0. The van der Waals surface area contributed by atoms with E-state index in [9.17, 15) is 0 Å². The number of hydrogen-bond acceptors (Lipinski definition) is 9. The first-order chi connectivity index (χ1) is 11.4. The first-order valence-electron chi connectivity index (χ1n) is 6.17. The fourth-order valence-corrected chi connectivity index (χ4v) is 7.45. The van der Waals surface area contributed by atoms with Gasteiger partial charge in [0.25, 0.3) is 0 Å². The van der Waals surface area contributed by atoms with Crippen LogP contribution in [-0.2, 0) is 37.0 Å². The standard InChI is InChI=1S/C5H15O9Si10/c1-23(2)13-21-11-19-9-17-7-15-6-16-8-18-10-20-12-22-14-24(3,4)5/h1-5H3. The largest absolute Gasteiger partial charge is 0.435 e. The van der Waals surface area contributed by atoms with Crippen molar-refractivity contribution in [3.63, 3.8) is 0 Å². The molecule has 0 saturated heterocycles. The highest BCUT2D eigenvalue weighted by Gasteiger charge is 2.15. The summed E-state index contributed by atoms with van der Waals surface area (Å²) in [5.74, 6) is 0. The fourth-order valence-electron chi connectivity index (χ4n) is 0.494. The Bertz CT molecular complexity index is 270. The van der Waals surface area contributed by atoms with Crippen LogP contribution in [0, 0.1) is 0 Å². The van der Waals surface area contributed by atoms with E-state index in [-0.39, 0.29) is 80.1 Å². The molecule has 0 aliphatic carbocycles. The summed E-state index contributed by atoms with van der Waals surface area (Å²) >= 11 is 0. The lowest BCUT2D eigenvalue weighted by Crippen LogP contribution is -2.29. The third-order valence-corrected chi connectivity index (χ3v) is 10.6. The highest BCUT2D eigenvalue weighted by molar-refractivity contribution is 6.73. The Balaban J connectivity index is 3.03. The zero-order valence-electron chi connectivity index (χ0n) is 13.7. The Hall–Kier alpha value is 1.81. The molecule has 0 rings (SSSR count). The quantitative estimate of drug-likeness (QED) is 0.165. The van der Waals surface area contributed by atoms with Crippen molar-refractivity contribution in [2.45, 2.75) is 32.7 Å². The molecule has 129 valence electrons. The SMILES string of the molecule is C[Si](C)O[Si]O[Si]O[Si]O[Si]O[Si]O[Si]O[Si]O[Si]O[Si](C)(C)C. The molecule has 24 heavy (non-hydrogen) atoms. The molecule has 0 spiro atoms. The van der Waals surface area contributed by atoms with Crippen LogP contribution in [0.4, 0.5) is 0 Å². The van der Waals surface area contributed by atoms with Crippen LogP contribution in [-0.4, -0.2) is 97.4 Å². The molecule has 0 bridgehead atoms. The van der Waals surface area contributed by atoms with Crippen LogP contribution in [0.1, 0.15) is 0 Å². The summed E-state index contributed by atoms with van der Waals surface area (Å²) in [6.45, 7) is 10.4. The molecule has 0 aromatic rings. The Morgan fingerprint density at radius 3 is 1.21 bits per heavy atom. The summed E-state index contributed by atoms with van der Waals surface area (Å²) in [5, 5.41) is 0. The van der Waals surface area contributed by atoms with Crippen molar-refractivity contribution in [1.29, 1.82) is 0 Å². The van der Waals surface area contributed by atoms with Gasteiger partial charge in [-0.25, -0.2) is 0 Å². The molecular weight excluding hydrogens is 485 g/mol. The van der Waals surface area contributed by atoms with Crippen LogP contribution < -0.4 is 0 Å². The van der Waals surface area contributed by atoms with Crippen LogP contribution in [0.5, 0.6) is 0 Å². The molecule has 19 heteroatoms. The van der Waals surface area contributed by atoms with Gasteiger partial charge in [-0.3, -0.25) is 0 Å². The molecule has 0 saturated carbocycles. The molecule has 0 aromatic carbocycles. The summed E-state index contributed by atoms with van der Waals surface area (Å²) in [7, 11) is -2.92. The van der Waals surface area contributed by atoms with E-state index in [2.05, 4.69) is 19.6 Å². The average Bonchev–Trinajstić information content (AvgIpc) is 2.49. The predicted molar refractivity (Wildman–Crippen MR) is 96.6 cm³/mol. The molecule has 0 amide bonds. The van der Waals surface area contributed by atoms with Crippen molar-refractivity contribution in [3.8, 4) is 0 Å². The topological polar surface area (TPSA) is 83.1 Å². The Morgan fingerprint density at radius 2 is 0.875 bits per heavy atom. The van der Waals surface area contributed by atoms with E-state index in [0.29, 0.717) is 0 Å². The highest BCUT2D eigenvalue weighted by Crippen LogP contribution is 2.00. The van der Waals surface area contributed by atoms with E-state index in [4.69, 9.17) is 37.0 Å². The van der Waals surface area contributed by atoms with Gasteiger partial charge in [-0.05, 0) is 32.7 Å². The smallest absolute Gasteiger partial charge is 0.412 e. The van der Waals surface area contributed by atoms with Gasteiger partial charge < -0.3 is 37.0 Å². The maximum atomic E-state index is 5.52. The van der Waals surface area contributed by atoms with Crippen LogP contribution >= 0.6 is 0 Å². The lowest BCUT2D eigenvalue weighted by atomic mass is 11.8. The van der Waals surface area contributed by atoms with Crippen molar-refractivity contribution in [2.24, 2.45) is 0 Å². The minimum Gasteiger partial charge on any atom is -0.435 e. The van der Waals surface area contributed by atoms with Gasteiger partial charge in [0.05, 0.1) is 0 Å². The molecule has 0 aliphatic heterocycles. The van der Waals surface area contributed by atoms with E-state index in [1.807, 2.05) is 13.1 Å². The van der Waals surface area contributed by atoms with Gasteiger partial charge in [-0.1, -0.05) is 0 Å². The molecule has 0 aromatic heterocycles. The maximum Gasteiger partial charge on any atom is 0.412 e. The molecule has 0 atom stereocenters. The van der Waals surface area contributed by atoms with Crippen LogP contribution in [0.2, 0.25) is 32.7 Å².